The van der Waals surface area contributed by atoms with E-state index >= 15 is 0 Å². The highest BCUT2D eigenvalue weighted by atomic mass is 16.5. The number of rotatable bonds is 6. The third kappa shape index (κ3) is 4.27. The van der Waals surface area contributed by atoms with Crippen LogP contribution in [0.15, 0.2) is 60.7 Å². The van der Waals surface area contributed by atoms with E-state index in [1.54, 1.807) is 7.11 Å². The fourth-order valence-corrected chi connectivity index (χ4v) is 1.90. The molecule has 0 amide bonds. The summed E-state index contributed by atoms with van der Waals surface area (Å²) in [5.74, 6) is 0.932. The molecule has 0 aliphatic rings. The predicted octanol–water partition coefficient (Wildman–Crippen LogP) is 3.50. The molecule has 0 aliphatic carbocycles. The second-order valence-electron chi connectivity index (χ2n) is 4.26. The molecule has 0 bridgehead atoms. The fourth-order valence-electron chi connectivity index (χ4n) is 1.90. The summed E-state index contributed by atoms with van der Waals surface area (Å²) >= 11 is 0. The van der Waals surface area contributed by atoms with Gasteiger partial charge < -0.3 is 10.1 Å². The smallest absolute Gasteiger partial charge is 0.123 e. The molecule has 0 fully saturated rings. The zero-order valence-electron chi connectivity index (χ0n) is 11.2. The lowest BCUT2D eigenvalue weighted by Crippen LogP contribution is -2.13. The maximum absolute atomic E-state index is 5.31. The highest BCUT2D eigenvalue weighted by Gasteiger charge is 1.99. The van der Waals surface area contributed by atoms with Crippen LogP contribution >= 0.6 is 0 Å². The lowest BCUT2D eigenvalue weighted by atomic mass is 10.2. The van der Waals surface area contributed by atoms with Gasteiger partial charge in [-0.25, -0.2) is 0 Å². The van der Waals surface area contributed by atoms with Gasteiger partial charge in [0.25, 0.3) is 0 Å². The van der Waals surface area contributed by atoms with Crippen LogP contribution in [-0.4, -0.2) is 13.7 Å². The second-order valence-corrected chi connectivity index (χ2v) is 4.26. The first-order valence-corrected chi connectivity index (χ1v) is 6.44. The third-order valence-corrected chi connectivity index (χ3v) is 2.88. The normalized spacial score (nSPS) is 10.8. The van der Waals surface area contributed by atoms with Crippen molar-refractivity contribution < 1.29 is 4.74 Å². The SMILES string of the molecule is COc1ccccc1CNC/C=C/c1ccccc1. The molecule has 0 atom stereocenters. The van der Waals surface area contributed by atoms with Crippen LogP contribution in [0, 0.1) is 0 Å². The van der Waals surface area contributed by atoms with Gasteiger partial charge in [0, 0.05) is 18.7 Å². The van der Waals surface area contributed by atoms with E-state index in [1.807, 2.05) is 36.4 Å². The van der Waals surface area contributed by atoms with Gasteiger partial charge in [0.15, 0.2) is 0 Å². The number of hydrogen-bond donors (Lipinski definition) is 1. The minimum absolute atomic E-state index is 0.809. The molecule has 19 heavy (non-hydrogen) atoms. The number of hydrogen-bond acceptors (Lipinski definition) is 2. The summed E-state index contributed by atoms with van der Waals surface area (Å²) in [6.45, 7) is 1.65. The number of ether oxygens (including phenoxy) is 1. The van der Waals surface area contributed by atoms with Gasteiger partial charge >= 0.3 is 0 Å². The van der Waals surface area contributed by atoms with E-state index in [0.717, 1.165) is 18.8 Å². The van der Waals surface area contributed by atoms with Crippen LogP contribution in [0.2, 0.25) is 0 Å². The zero-order chi connectivity index (χ0) is 13.3. The Morgan fingerprint density at radius 2 is 1.74 bits per heavy atom. The molecule has 0 radical (unpaired) electrons. The first kappa shape index (κ1) is 13.4. The standard InChI is InChI=1S/C17H19NO/c1-19-17-12-6-5-11-16(17)14-18-13-7-10-15-8-3-2-4-9-15/h2-12,18H,13-14H2,1H3/b10-7+. The molecule has 2 rings (SSSR count). The van der Waals surface area contributed by atoms with Crippen molar-refractivity contribution >= 4 is 6.08 Å². The number of nitrogens with one attached hydrogen (secondary N) is 1. The minimum Gasteiger partial charge on any atom is -0.496 e. The van der Waals surface area contributed by atoms with Gasteiger partial charge in [0.05, 0.1) is 7.11 Å². The molecule has 2 heteroatoms. The lowest BCUT2D eigenvalue weighted by Gasteiger charge is -2.07. The van der Waals surface area contributed by atoms with Crippen molar-refractivity contribution in [1.29, 1.82) is 0 Å². The van der Waals surface area contributed by atoms with Crippen molar-refractivity contribution in [2.75, 3.05) is 13.7 Å². The Balaban J connectivity index is 1.79. The molecule has 98 valence electrons. The van der Waals surface area contributed by atoms with Crippen LogP contribution in [0.1, 0.15) is 11.1 Å². The Morgan fingerprint density at radius 1 is 1.00 bits per heavy atom. The van der Waals surface area contributed by atoms with Gasteiger partial charge in [-0.1, -0.05) is 60.7 Å². The number of para-hydroxylation sites is 1. The van der Waals surface area contributed by atoms with Crippen LogP contribution in [0.3, 0.4) is 0 Å². The van der Waals surface area contributed by atoms with Crippen molar-refractivity contribution in [3.8, 4) is 5.75 Å². The molecular weight excluding hydrogens is 234 g/mol. The monoisotopic (exact) mass is 253 g/mol. The number of benzene rings is 2. The largest absolute Gasteiger partial charge is 0.496 e. The predicted molar refractivity (Wildman–Crippen MR) is 80.2 cm³/mol. The Labute approximate surface area is 114 Å². The molecule has 0 saturated heterocycles. The van der Waals surface area contributed by atoms with Gasteiger partial charge in [0.1, 0.15) is 5.75 Å². The Bertz CT molecular complexity index is 520. The number of methoxy groups -OCH3 is 1. The van der Waals surface area contributed by atoms with E-state index in [-0.39, 0.29) is 0 Å². The van der Waals surface area contributed by atoms with Crippen molar-refractivity contribution in [3.05, 3.63) is 71.8 Å². The van der Waals surface area contributed by atoms with E-state index in [9.17, 15) is 0 Å². The highest BCUT2D eigenvalue weighted by Crippen LogP contribution is 2.16. The molecule has 0 unspecified atom stereocenters. The maximum Gasteiger partial charge on any atom is 0.123 e. The summed E-state index contributed by atoms with van der Waals surface area (Å²) in [4.78, 5) is 0. The minimum atomic E-state index is 0.809. The van der Waals surface area contributed by atoms with Crippen LogP contribution in [0.25, 0.3) is 6.08 Å². The molecule has 2 nitrogen and oxygen atoms in total. The average Bonchev–Trinajstić information content (AvgIpc) is 2.48. The Kier molecular flexibility index (Phi) is 5.20. The fraction of sp³-hybridized carbons (Fsp3) is 0.176. The van der Waals surface area contributed by atoms with Crippen LogP contribution in [0.4, 0.5) is 0 Å². The highest BCUT2D eigenvalue weighted by molar-refractivity contribution is 5.48. The molecule has 2 aromatic carbocycles. The van der Waals surface area contributed by atoms with E-state index in [1.165, 1.54) is 11.1 Å². The molecule has 0 heterocycles. The van der Waals surface area contributed by atoms with E-state index in [4.69, 9.17) is 4.74 Å². The molecule has 0 saturated carbocycles. The van der Waals surface area contributed by atoms with Gasteiger partial charge in [-0.3, -0.25) is 0 Å². The summed E-state index contributed by atoms with van der Waals surface area (Å²) in [5, 5.41) is 3.38. The molecule has 0 aliphatic heterocycles. The topological polar surface area (TPSA) is 21.3 Å². The molecule has 2 aromatic rings. The van der Waals surface area contributed by atoms with E-state index in [2.05, 4.69) is 35.7 Å². The summed E-state index contributed by atoms with van der Waals surface area (Å²) in [6.07, 6.45) is 4.25. The lowest BCUT2D eigenvalue weighted by molar-refractivity contribution is 0.408. The zero-order valence-corrected chi connectivity index (χ0v) is 11.2. The summed E-state index contributed by atoms with van der Waals surface area (Å²) in [6, 6.07) is 18.4. The molecule has 1 N–H and O–H groups in total. The van der Waals surface area contributed by atoms with Gasteiger partial charge in [-0.05, 0) is 11.6 Å². The second kappa shape index (κ2) is 7.39. The van der Waals surface area contributed by atoms with Gasteiger partial charge in [-0.2, -0.15) is 0 Å². The maximum atomic E-state index is 5.31. The quantitative estimate of drug-likeness (QED) is 0.796. The van der Waals surface area contributed by atoms with Crippen LogP contribution in [0.5, 0.6) is 5.75 Å². The van der Waals surface area contributed by atoms with E-state index in [0.29, 0.717) is 0 Å². The van der Waals surface area contributed by atoms with Gasteiger partial charge in [0.2, 0.25) is 0 Å². The third-order valence-electron chi connectivity index (χ3n) is 2.88. The average molecular weight is 253 g/mol. The van der Waals surface area contributed by atoms with Crippen LogP contribution < -0.4 is 10.1 Å². The first-order valence-electron chi connectivity index (χ1n) is 6.44. The molecule has 0 spiro atoms. The van der Waals surface area contributed by atoms with E-state index < -0.39 is 0 Å². The summed E-state index contributed by atoms with van der Waals surface area (Å²) in [5.41, 5.74) is 2.40. The Morgan fingerprint density at radius 3 is 2.53 bits per heavy atom. The first-order chi connectivity index (χ1) is 9.40. The van der Waals surface area contributed by atoms with Crippen molar-refractivity contribution in [1.82, 2.24) is 5.32 Å². The molecular formula is C17H19NO. The van der Waals surface area contributed by atoms with Crippen LogP contribution in [-0.2, 0) is 6.54 Å². The molecule has 0 aromatic heterocycles. The van der Waals surface area contributed by atoms with Crippen molar-refractivity contribution in [2.24, 2.45) is 0 Å². The summed E-state index contributed by atoms with van der Waals surface area (Å²) < 4.78 is 5.31. The van der Waals surface area contributed by atoms with Gasteiger partial charge in [-0.15, -0.1) is 0 Å². The summed E-state index contributed by atoms with van der Waals surface area (Å²) in [7, 11) is 1.70. The van der Waals surface area contributed by atoms with Crippen molar-refractivity contribution in [2.45, 2.75) is 6.54 Å². The Hall–Kier alpha value is -2.06. The van der Waals surface area contributed by atoms with Crippen molar-refractivity contribution in [3.63, 3.8) is 0 Å².